The largest absolute Gasteiger partial charge is 0.298 e. The number of anilines is 1. The molecule has 2 rings (SSSR count). The Kier molecular flexibility index (Phi) is 5.22. The van der Waals surface area contributed by atoms with Gasteiger partial charge in [0.1, 0.15) is 5.71 Å². The number of nitrogens with one attached hydrogen (secondary N) is 1. The number of para-hydroxylation sites is 1. The molecule has 0 aromatic heterocycles. The van der Waals surface area contributed by atoms with Crippen LogP contribution in [0.2, 0.25) is 0 Å². The highest BCUT2D eigenvalue weighted by atomic mass is 16.2. The van der Waals surface area contributed by atoms with Crippen molar-refractivity contribution < 1.29 is 4.79 Å². The third-order valence-electron chi connectivity index (χ3n) is 3.46. The van der Waals surface area contributed by atoms with E-state index in [0.717, 1.165) is 25.9 Å². The van der Waals surface area contributed by atoms with Crippen LogP contribution in [0.5, 0.6) is 0 Å². The number of hydrogen-bond donors (Lipinski definition) is 1. The van der Waals surface area contributed by atoms with Crippen molar-refractivity contribution in [3.63, 3.8) is 0 Å². The highest BCUT2D eigenvalue weighted by Crippen LogP contribution is 2.18. The van der Waals surface area contributed by atoms with E-state index in [4.69, 9.17) is 5.41 Å². The first-order valence-corrected chi connectivity index (χ1v) is 7.45. The van der Waals surface area contributed by atoms with E-state index in [0.29, 0.717) is 5.69 Å². The quantitative estimate of drug-likeness (QED) is 0.873. The zero-order chi connectivity index (χ0) is 15.2. The van der Waals surface area contributed by atoms with Crippen LogP contribution < -0.4 is 5.01 Å². The van der Waals surface area contributed by atoms with Gasteiger partial charge in [-0.1, -0.05) is 32.0 Å². The maximum Gasteiger partial charge on any atom is 0.294 e. The highest BCUT2D eigenvalue weighted by molar-refractivity contribution is 6.48. The first kappa shape index (κ1) is 15.4. The van der Waals surface area contributed by atoms with E-state index in [1.165, 1.54) is 5.01 Å². The van der Waals surface area contributed by atoms with Crippen LogP contribution in [-0.4, -0.2) is 41.9 Å². The molecule has 1 amide bonds. The topological polar surface area (TPSA) is 59.8 Å². The summed E-state index contributed by atoms with van der Waals surface area (Å²) in [6.45, 7) is 5.94. The molecule has 1 aromatic rings. The SMILES string of the molecule is CCCN(CCC)C1C=NN(c2ccccc2)C(=O)C1=N. The molecule has 0 fully saturated rings. The third kappa shape index (κ3) is 3.36. The number of hydrogen-bond acceptors (Lipinski definition) is 4. The summed E-state index contributed by atoms with van der Waals surface area (Å²) in [7, 11) is 0. The fourth-order valence-corrected chi connectivity index (χ4v) is 2.49. The predicted molar refractivity (Wildman–Crippen MR) is 86.1 cm³/mol. The Balaban J connectivity index is 2.22. The molecule has 5 nitrogen and oxygen atoms in total. The smallest absolute Gasteiger partial charge is 0.294 e. The number of carbonyl (C=O) groups is 1. The molecule has 0 saturated carbocycles. The molecular formula is C16H22N4O. The third-order valence-corrected chi connectivity index (χ3v) is 3.46. The Morgan fingerprint density at radius 3 is 2.38 bits per heavy atom. The molecule has 0 bridgehead atoms. The Bertz CT molecular complexity index is 520. The van der Waals surface area contributed by atoms with Crippen LogP contribution in [-0.2, 0) is 4.79 Å². The second-order valence-electron chi connectivity index (χ2n) is 5.11. The lowest BCUT2D eigenvalue weighted by molar-refractivity contribution is -0.113. The van der Waals surface area contributed by atoms with E-state index in [2.05, 4.69) is 23.8 Å². The summed E-state index contributed by atoms with van der Waals surface area (Å²) >= 11 is 0. The summed E-state index contributed by atoms with van der Waals surface area (Å²) in [5.41, 5.74) is 0.787. The fraction of sp³-hybridized carbons (Fsp3) is 0.438. The Morgan fingerprint density at radius 1 is 1.19 bits per heavy atom. The second kappa shape index (κ2) is 7.13. The molecule has 0 aliphatic carbocycles. The van der Waals surface area contributed by atoms with Gasteiger partial charge in [-0.05, 0) is 38.1 Å². The number of amides is 1. The van der Waals surface area contributed by atoms with Crippen LogP contribution in [0.3, 0.4) is 0 Å². The zero-order valence-electron chi connectivity index (χ0n) is 12.6. The Labute approximate surface area is 125 Å². The van der Waals surface area contributed by atoms with Gasteiger partial charge in [0.2, 0.25) is 0 Å². The molecule has 1 aliphatic rings. The molecule has 0 radical (unpaired) electrons. The molecule has 1 atom stereocenters. The summed E-state index contributed by atoms with van der Waals surface area (Å²) < 4.78 is 0. The Morgan fingerprint density at radius 2 is 1.81 bits per heavy atom. The van der Waals surface area contributed by atoms with Gasteiger partial charge < -0.3 is 0 Å². The predicted octanol–water partition coefficient (Wildman–Crippen LogP) is 2.53. The minimum atomic E-state index is -0.342. The van der Waals surface area contributed by atoms with E-state index < -0.39 is 0 Å². The van der Waals surface area contributed by atoms with E-state index in [1.807, 2.05) is 30.3 Å². The van der Waals surface area contributed by atoms with Crippen LogP contribution in [0.15, 0.2) is 35.4 Å². The highest BCUT2D eigenvalue weighted by Gasteiger charge is 2.33. The second-order valence-corrected chi connectivity index (χ2v) is 5.11. The molecule has 1 aromatic carbocycles. The minimum absolute atomic E-state index is 0.0933. The average Bonchev–Trinajstić information content (AvgIpc) is 2.51. The molecule has 1 unspecified atom stereocenters. The molecule has 1 aliphatic heterocycles. The van der Waals surface area contributed by atoms with E-state index in [9.17, 15) is 4.79 Å². The van der Waals surface area contributed by atoms with Crippen molar-refractivity contribution >= 4 is 23.5 Å². The van der Waals surface area contributed by atoms with Crippen molar-refractivity contribution in [1.29, 1.82) is 5.41 Å². The van der Waals surface area contributed by atoms with Crippen LogP contribution in [0, 0.1) is 5.41 Å². The zero-order valence-corrected chi connectivity index (χ0v) is 12.6. The first-order valence-electron chi connectivity index (χ1n) is 7.45. The van der Waals surface area contributed by atoms with E-state index >= 15 is 0 Å². The number of nitrogens with zero attached hydrogens (tertiary/aromatic N) is 3. The average molecular weight is 286 g/mol. The van der Waals surface area contributed by atoms with Gasteiger partial charge in [0.25, 0.3) is 5.91 Å². The van der Waals surface area contributed by atoms with Gasteiger partial charge in [0, 0.05) is 6.21 Å². The van der Waals surface area contributed by atoms with Crippen molar-refractivity contribution in [2.24, 2.45) is 5.10 Å². The lowest BCUT2D eigenvalue weighted by Crippen LogP contribution is -2.52. The maximum atomic E-state index is 12.4. The molecule has 5 heteroatoms. The molecule has 0 saturated heterocycles. The van der Waals surface area contributed by atoms with Gasteiger partial charge in [-0.3, -0.25) is 15.1 Å². The lowest BCUT2D eigenvalue weighted by atomic mass is 10.1. The van der Waals surface area contributed by atoms with Crippen molar-refractivity contribution in [3.05, 3.63) is 30.3 Å². The number of carbonyl (C=O) groups excluding carboxylic acids is 1. The van der Waals surface area contributed by atoms with Gasteiger partial charge in [0.15, 0.2) is 0 Å². The van der Waals surface area contributed by atoms with Crippen molar-refractivity contribution in [1.82, 2.24) is 4.90 Å². The summed E-state index contributed by atoms with van der Waals surface area (Å²) in [6.07, 6.45) is 3.70. The van der Waals surface area contributed by atoms with Gasteiger partial charge in [-0.2, -0.15) is 10.1 Å². The molecule has 1 N–H and O–H groups in total. The van der Waals surface area contributed by atoms with E-state index in [-0.39, 0.29) is 17.7 Å². The van der Waals surface area contributed by atoms with Crippen LogP contribution in [0.1, 0.15) is 26.7 Å². The fourth-order valence-electron chi connectivity index (χ4n) is 2.49. The van der Waals surface area contributed by atoms with Gasteiger partial charge in [-0.25, -0.2) is 0 Å². The summed E-state index contributed by atoms with van der Waals surface area (Å²) in [5, 5.41) is 13.8. The van der Waals surface area contributed by atoms with Gasteiger partial charge in [0.05, 0.1) is 11.7 Å². The molecule has 112 valence electrons. The van der Waals surface area contributed by atoms with Crippen LogP contribution >= 0.6 is 0 Å². The first-order chi connectivity index (χ1) is 10.2. The Hall–Kier alpha value is -2.01. The normalized spacial score (nSPS) is 18.6. The van der Waals surface area contributed by atoms with Gasteiger partial charge >= 0.3 is 0 Å². The molecule has 21 heavy (non-hydrogen) atoms. The van der Waals surface area contributed by atoms with Gasteiger partial charge in [-0.15, -0.1) is 0 Å². The lowest BCUT2D eigenvalue weighted by Gasteiger charge is -2.33. The molecule has 1 heterocycles. The standard InChI is InChI=1S/C16H22N4O/c1-3-10-19(11-4-2)14-12-18-20(16(21)15(14)17)13-8-6-5-7-9-13/h5-9,12,14,17H,3-4,10-11H2,1-2H3. The van der Waals surface area contributed by atoms with Crippen molar-refractivity contribution in [2.75, 3.05) is 18.1 Å². The molecular weight excluding hydrogens is 264 g/mol. The number of benzene rings is 1. The minimum Gasteiger partial charge on any atom is -0.298 e. The van der Waals surface area contributed by atoms with Crippen molar-refractivity contribution in [2.45, 2.75) is 32.7 Å². The van der Waals surface area contributed by atoms with Crippen molar-refractivity contribution in [3.8, 4) is 0 Å². The summed E-state index contributed by atoms with van der Waals surface area (Å²) in [5.74, 6) is -0.342. The van der Waals surface area contributed by atoms with Crippen LogP contribution in [0.25, 0.3) is 0 Å². The van der Waals surface area contributed by atoms with Crippen LogP contribution in [0.4, 0.5) is 5.69 Å². The summed E-state index contributed by atoms with van der Waals surface area (Å²) in [6, 6.07) is 8.93. The maximum absolute atomic E-state index is 12.4. The number of rotatable bonds is 6. The number of hydrazone groups is 1. The van der Waals surface area contributed by atoms with E-state index in [1.54, 1.807) is 6.21 Å². The molecule has 0 spiro atoms. The monoisotopic (exact) mass is 286 g/mol. The summed E-state index contributed by atoms with van der Waals surface area (Å²) in [4.78, 5) is 14.6.